The van der Waals surface area contributed by atoms with Crippen LogP contribution in [0, 0.1) is 0 Å². The predicted octanol–water partition coefficient (Wildman–Crippen LogP) is 2.42. The predicted molar refractivity (Wildman–Crippen MR) is 62.9 cm³/mol. The number of anilines is 1. The van der Waals surface area contributed by atoms with E-state index < -0.39 is 0 Å². The lowest BCUT2D eigenvalue weighted by Crippen LogP contribution is -2.17. The van der Waals surface area contributed by atoms with Gasteiger partial charge in [0.05, 0.1) is 0 Å². The Morgan fingerprint density at radius 3 is 2.93 bits per heavy atom. The van der Waals surface area contributed by atoms with E-state index in [0.29, 0.717) is 0 Å². The first-order valence-corrected chi connectivity index (χ1v) is 5.95. The van der Waals surface area contributed by atoms with E-state index in [2.05, 4.69) is 36.1 Å². The molecule has 0 spiro atoms. The first-order valence-electron chi connectivity index (χ1n) is 5.13. The van der Waals surface area contributed by atoms with Gasteiger partial charge in [-0.1, -0.05) is 6.92 Å². The number of aromatic nitrogens is 1. The van der Waals surface area contributed by atoms with Gasteiger partial charge in [0.1, 0.15) is 0 Å². The summed E-state index contributed by atoms with van der Waals surface area (Å²) in [6, 6.07) is 0. The largest absolute Gasteiger partial charge is 0.362 e. The first kappa shape index (κ1) is 11.5. The quantitative estimate of drug-likeness (QED) is 0.786. The molecule has 0 bridgehead atoms. The molecule has 0 aliphatic rings. The summed E-state index contributed by atoms with van der Waals surface area (Å²) in [6.45, 7) is 7.39. The van der Waals surface area contributed by atoms with Crippen molar-refractivity contribution in [2.24, 2.45) is 0 Å². The van der Waals surface area contributed by atoms with Crippen LogP contribution in [0.5, 0.6) is 0 Å². The number of hydrogen-bond acceptors (Lipinski definition) is 4. The Morgan fingerprint density at radius 2 is 2.29 bits per heavy atom. The second kappa shape index (κ2) is 5.98. The van der Waals surface area contributed by atoms with Crippen LogP contribution in [0.25, 0.3) is 0 Å². The van der Waals surface area contributed by atoms with Gasteiger partial charge in [-0.05, 0) is 26.9 Å². The lowest BCUT2D eigenvalue weighted by molar-refractivity contribution is 0.330. The summed E-state index contributed by atoms with van der Waals surface area (Å²) in [5.74, 6) is 0. The molecule has 0 aliphatic heterocycles. The van der Waals surface area contributed by atoms with Crippen LogP contribution in [0.2, 0.25) is 0 Å². The van der Waals surface area contributed by atoms with E-state index in [1.54, 1.807) is 11.3 Å². The molecule has 0 saturated heterocycles. The van der Waals surface area contributed by atoms with Gasteiger partial charge in [0, 0.05) is 24.2 Å². The normalized spacial score (nSPS) is 10.9. The van der Waals surface area contributed by atoms with Crippen LogP contribution in [0.3, 0.4) is 0 Å². The molecule has 0 radical (unpaired) electrons. The minimum absolute atomic E-state index is 0.942. The van der Waals surface area contributed by atoms with Crippen molar-refractivity contribution >= 4 is 16.5 Å². The zero-order valence-corrected chi connectivity index (χ0v) is 10.0. The van der Waals surface area contributed by atoms with Crippen molar-refractivity contribution in [2.45, 2.75) is 26.8 Å². The summed E-state index contributed by atoms with van der Waals surface area (Å²) in [7, 11) is 2.15. The van der Waals surface area contributed by atoms with E-state index in [1.165, 1.54) is 11.3 Å². The van der Waals surface area contributed by atoms with Crippen molar-refractivity contribution in [1.29, 1.82) is 0 Å². The summed E-state index contributed by atoms with van der Waals surface area (Å²) in [5, 5.41) is 4.26. The zero-order chi connectivity index (χ0) is 10.4. The maximum absolute atomic E-state index is 4.30. The number of nitrogens with zero attached hydrogens (tertiary/aromatic N) is 2. The number of hydrogen-bond donors (Lipinski definition) is 1. The molecule has 0 atom stereocenters. The molecule has 0 saturated carbocycles. The van der Waals surface area contributed by atoms with Gasteiger partial charge in [-0.3, -0.25) is 0 Å². The lowest BCUT2D eigenvalue weighted by Gasteiger charge is -2.13. The highest BCUT2D eigenvalue weighted by molar-refractivity contribution is 7.15. The second-order valence-corrected chi connectivity index (χ2v) is 4.52. The van der Waals surface area contributed by atoms with Gasteiger partial charge in [-0.15, -0.1) is 11.3 Å². The van der Waals surface area contributed by atoms with E-state index in [0.717, 1.165) is 24.8 Å². The minimum Gasteiger partial charge on any atom is -0.362 e. The Bertz CT molecular complexity index is 260. The van der Waals surface area contributed by atoms with E-state index in [-0.39, 0.29) is 0 Å². The van der Waals surface area contributed by atoms with Crippen LogP contribution in [-0.4, -0.2) is 30.0 Å². The SMILES string of the molecule is CCCN(C)Cc1cnc(NCC)s1. The summed E-state index contributed by atoms with van der Waals surface area (Å²) in [5.41, 5.74) is 0. The molecule has 1 rings (SSSR count). The van der Waals surface area contributed by atoms with Crippen molar-refractivity contribution in [3.63, 3.8) is 0 Å². The molecule has 1 heterocycles. The van der Waals surface area contributed by atoms with Crippen molar-refractivity contribution in [3.05, 3.63) is 11.1 Å². The summed E-state index contributed by atoms with van der Waals surface area (Å²) < 4.78 is 0. The van der Waals surface area contributed by atoms with Crippen molar-refractivity contribution < 1.29 is 0 Å². The molecule has 1 aromatic rings. The fourth-order valence-corrected chi connectivity index (χ4v) is 2.30. The Kier molecular flexibility index (Phi) is 4.90. The molecule has 14 heavy (non-hydrogen) atoms. The minimum atomic E-state index is 0.942. The molecule has 80 valence electrons. The van der Waals surface area contributed by atoms with Gasteiger partial charge in [0.2, 0.25) is 0 Å². The topological polar surface area (TPSA) is 28.2 Å². The van der Waals surface area contributed by atoms with E-state index in [4.69, 9.17) is 0 Å². The zero-order valence-electron chi connectivity index (χ0n) is 9.21. The van der Waals surface area contributed by atoms with Crippen molar-refractivity contribution in [2.75, 3.05) is 25.5 Å². The molecular formula is C10H19N3S. The number of nitrogens with one attached hydrogen (secondary N) is 1. The standard InChI is InChI=1S/C10H19N3S/c1-4-6-13(3)8-9-7-12-10(14-9)11-5-2/h7H,4-6,8H2,1-3H3,(H,11,12). The van der Waals surface area contributed by atoms with Crippen molar-refractivity contribution in [1.82, 2.24) is 9.88 Å². The fraction of sp³-hybridized carbons (Fsp3) is 0.700. The molecule has 0 unspecified atom stereocenters. The Morgan fingerprint density at radius 1 is 1.50 bits per heavy atom. The van der Waals surface area contributed by atoms with Gasteiger partial charge in [-0.25, -0.2) is 4.98 Å². The molecule has 4 heteroatoms. The van der Waals surface area contributed by atoms with E-state index >= 15 is 0 Å². The summed E-state index contributed by atoms with van der Waals surface area (Å²) in [6.07, 6.45) is 3.17. The lowest BCUT2D eigenvalue weighted by atomic mass is 10.4. The van der Waals surface area contributed by atoms with Crippen molar-refractivity contribution in [3.8, 4) is 0 Å². The van der Waals surface area contributed by atoms with Crippen LogP contribution in [0.15, 0.2) is 6.20 Å². The molecule has 0 amide bonds. The average molecular weight is 213 g/mol. The molecule has 1 N–H and O–H groups in total. The molecular weight excluding hydrogens is 194 g/mol. The third-order valence-electron chi connectivity index (χ3n) is 1.91. The van der Waals surface area contributed by atoms with Crippen LogP contribution in [0.4, 0.5) is 5.13 Å². The van der Waals surface area contributed by atoms with Crippen LogP contribution >= 0.6 is 11.3 Å². The molecule has 1 aromatic heterocycles. The van der Waals surface area contributed by atoms with Crippen LogP contribution < -0.4 is 5.32 Å². The molecule has 0 fully saturated rings. The van der Waals surface area contributed by atoms with Crippen LogP contribution in [-0.2, 0) is 6.54 Å². The first-order chi connectivity index (χ1) is 6.76. The van der Waals surface area contributed by atoms with Gasteiger partial charge in [0.15, 0.2) is 5.13 Å². The van der Waals surface area contributed by atoms with Gasteiger partial charge < -0.3 is 10.2 Å². The third kappa shape index (κ3) is 3.64. The highest BCUT2D eigenvalue weighted by Crippen LogP contribution is 2.18. The van der Waals surface area contributed by atoms with Gasteiger partial charge >= 0.3 is 0 Å². The van der Waals surface area contributed by atoms with Crippen LogP contribution in [0.1, 0.15) is 25.1 Å². The van der Waals surface area contributed by atoms with Gasteiger partial charge in [-0.2, -0.15) is 0 Å². The molecule has 3 nitrogen and oxygen atoms in total. The highest BCUT2D eigenvalue weighted by Gasteiger charge is 2.03. The highest BCUT2D eigenvalue weighted by atomic mass is 32.1. The second-order valence-electron chi connectivity index (χ2n) is 3.40. The van der Waals surface area contributed by atoms with Gasteiger partial charge in [0.25, 0.3) is 0 Å². The smallest absolute Gasteiger partial charge is 0.182 e. The third-order valence-corrected chi connectivity index (χ3v) is 2.85. The number of thiazole rings is 1. The Balaban J connectivity index is 2.42. The summed E-state index contributed by atoms with van der Waals surface area (Å²) in [4.78, 5) is 7.95. The average Bonchev–Trinajstić information content (AvgIpc) is 2.53. The molecule has 0 aliphatic carbocycles. The summed E-state index contributed by atoms with van der Waals surface area (Å²) >= 11 is 1.75. The van der Waals surface area contributed by atoms with E-state index in [1.807, 2.05) is 6.20 Å². The fourth-order valence-electron chi connectivity index (χ4n) is 1.34. The Labute approximate surface area is 90.2 Å². The maximum Gasteiger partial charge on any atom is 0.182 e. The Hall–Kier alpha value is -0.610. The van der Waals surface area contributed by atoms with E-state index in [9.17, 15) is 0 Å². The monoisotopic (exact) mass is 213 g/mol. The maximum atomic E-state index is 4.30. The number of rotatable bonds is 6. The molecule has 0 aromatic carbocycles.